The highest BCUT2D eigenvalue weighted by molar-refractivity contribution is 7.86. The molecule has 0 fully saturated rings. The normalized spacial score (nSPS) is 11.2. The molecule has 126 valence electrons. The molecule has 0 saturated heterocycles. The molecule has 3 aromatic carbocycles. The van der Waals surface area contributed by atoms with E-state index in [1.807, 2.05) is 24.3 Å². The lowest BCUT2D eigenvalue weighted by Crippen LogP contribution is -2.13. The molecule has 0 aliphatic heterocycles. The van der Waals surface area contributed by atoms with Crippen LogP contribution < -0.4 is 10.4 Å². The molecule has 3 rings (SSSR count). The van der Waals surface area contributed by atoms with Gasteiger partial charge in [0.1, 0.15) is 10.6 Å². The third kappa shape index (κ3) is 3.63. The summed E-state index contributed by atoms with van der Waals surface area (Å²) in [6, 6.07) is 20.0. The molecular formula is C20H16O4S. The molecule has 0 saturated carbocycles. The van der Waals surface area contributed by atoms with Gasteiger partial charge in [0.2, 0.25) is 0 Å². The summed E-state index contributed by atoms with van der Waals surface area (Å²) >= 11 is 0. The van der Waals surface area contributed by atoms with Crippen LogP contribution in [0, 0.1) is 0 Å². The van der Waals surface area contributed by atoms with Gasteiger partial charge in [-0.2, -0.15) is 8.42 Å². The van der Waals surface area contributed by atoms with Crippen LogP contribution in [0.15, 0.2) is 77.7 Å². The lowest BCUT2D eigenvalue weighted by atomic mass is 9.95. The van der Waals surface area contributed by atoms with Crippen molar-refractivity contribution in [2.45, 2.75) is 4.90 Å². The Morgan fingerprint density at radius 2 is 1.44 bits per heavy atom. The minimum Gasteiger partial charge on any atom is -0.508 e. The summed E-state index contributed by atoms with van der Waals surface area (Å²) in [5.74, 6) is 0.110. The maximum atomic E-state index is 11.8. The maximum absolute atomic E-state index is 11.8. The Morgan fingerprint density at radius 3 is 2.04 bits per heavy atom. The molecule has 4 nitrogen and oxygen atoms in total. The Morgan fingerprint density at radius 1 is 0.840 bits per heavy atom. The van der Waals surface area contributed by atoms with E-state index in [9.17, 15) is 18.1 Å². The smallest absolute Gasteiger partial charge is 0.295 e. The van der Waals surface area contributed by atoms with Crippen LogP contribution in [0.4, 0.5) is 0 Å². The second-order valence-electron chi connectivity index (χ2n) is 5.59. The van der Waals surface area contributed by atoms with Crippen LogP contribution in [0.1, 0.15) is 11.1 Å². The Hall–Kier alpha value is -2.89. The van der Waals surface area contributed by atoms with E-state index >= 15 is 0 Å². The molecule has 0 aliphatic rings. The summed E-state index contributed by atoms with van der Waals surface area (Å²) in [6.07, 6.45) is 0. The van der Waals surface area contributed by atoms with Crippen LogP contribution in [0.25, 0.3) is 12.2 Å². The van der Waals surface area contributed by atoms with Crippen molar-refractivity contribution in [2.24, 2.45) is 0 Å². The molecular weight excluding hydrogens is 336 g/mol. The Kier molecular flexibility index (Phi) is 4.44. The van der Waals surface area contributed by atoms with Gasteiger partial charge in [0.15, 0.2) is 0 Å². The predicted molar refractivity (Wildman–Crippen MR) is 97.2 cm³/mol. The van der Waals surface area contributed by atoms with Gasteiger partial charge >= 0.3 is 0 Å². The maximum Gasteiger partial charge on any atom is 0.295 e. The van der Waals surface area contributed by atoms with Gasteiger partial charge in [-0.25, -0.2) is 0 Å². The van der Waals surface area contributed by atoms with Gasteiger partial charge in [-0.15, -0.1) is 0 Å². The van der Waals surface area contributed by atoms with Gasteiger partial charge in [0.25, 0.3) is 10.1 Å². The lowest BCUT2D eigenvalue weighted by molar-refractivity contribution is 0.475. The topological polar surface area (TPSA) is 74.6 Å². The zero-order chi connectivity index (χ0) is 18.0. The molecule has 0 spiro atoms. The zero-order valence-electron chi connectivity index (χ0n) is 13.3. The van der Waals surface area contributed by atoms with Gasteiger partial charge in [-0.1, -0.05) is 61.2 Å². The predicted octanol–water partition coefficient (Wildman–Crippen LogP) is 2.30. The first-order chi connectivity index (χ1) is 11.9. The first-order valence-corrected chi connectivity index (χ1v) is 8.96. The summed E-state index contributed by atoms with van der Waals surface area (Å²) in [5, 5.41) is 11.1. The number of phenolic OH excluding ortho intramolecular Hbond substituents is 1. The highest BCUT2D eigenvalue weighted by atomic mass is 32.2. The van der Waals surface area contributed by atoms with Crippen molar-refractivity contribution < 1.29 is 18.1 Å². The quantitative estimate of drug-likeness (QED) is 0.710. The second kappa shape index (κ2) is 6.55. The minimum atomic E-state index is -4.39. The van der Waals surface area contributed by atoms with Crippen molar-refractivity contribution >= 4 is 22.3 Å². The van der Waals surface area contributed by atoms with E-state index in [4.69, 9.17) is 0 Å². The Balaban J connectivity index is 2.43. The molecule has 0 radical (unpaired) electrons. The molecule has 3 aromatic rings. The van der Waals surface area contributed by atoms with E-state index in [0.717, 1.165) is 10.4 Å². The molecule has 0 atom stereocenters. The van der Waals surface area contributed by atoms with Gasteiger partial charge < -0.3 is 5.11 Å². The van der Waals surface area contributed by atoms with E-state index in [1.165, 1.54) is 18.2 Å². The van der Waals surface area contributed by atoms with E-state index < -0.39 is 10.1 Å². The van der Waals surface area contributed by atoms with Crippen LogP contribution in [-0.2, 0) is 10.1 Å². The van der Waals surface area contributed by atoms with Crippen molar-refractivity contribution in [3.05, 3.63) is 94.4 Å². The van der Waals surface area contributed by atoms with Crippen LogP contribution in [-0.4, -0.2) is 18.1 Å². The molecule has 0 amide bonds. The first-order valence-electron chi connectivity index (χ1n) is 7.52. The van der Waals surface area contributed by atoms with Crippen LogP contribution in [0.2, 0.25) is 0 Å². The van der Waals surface area contributed by atoms with Crippen molar-refractivity contribution in [2.75, 3.05) is 0 Å². The molecule has 0 bridgehead atoms. The number of aromatic hydroxyl groups is 1. The summed E-state index contributed by atoms with van der Waals surface area (Å²) in [7, 11) is -4.39. The van der Waals surface area contributed by atoms with Crippen LogP contribution in [0.3, 0.4) is 0 Å². The van der Waals surface area contributed by atoms with E-state index in [0.29, 0.717) is 16.7 Å². The number of hydrogen-bond donors (Lipinski definition) is 2. The zero-order valence-corrected chi connectivity index (χ0v) is 14.1. The molecule has 0 unspecified atom stereocenters. The monoisotopic (exact) mass is 352 g/mol. The van der Waals surface area contributed by atoms with Crippen molar-refractivity contribution in [1.82, 2.24) is 0 Å². The number of hydrogen-bond acceptors (Lipinski definition) is 3. The Labute approximate surface area is 145 Å². The van der Waals surface area contributed by atoms with Crippen molar-refractivity contribution in [3.8, 4) is 5.75 Å². The van der Waals surface area contributed by atoms with Crippen LogP contribution >= 0.6 is 0 Å². The average molecular weight is 352 g/mol. The third-order valence-electron chi connectivity index (χ3n) is 3.83. The average Bonchev–Trinajstić information content (AvgIpc) is 2.58. The summed E-state index contributed by atoms with van der Waals surface area (Å²) in [5.41, 5.74) is 1.73. The summed E-state index contributed by atoms with van der Waals surface area (Å²) in [4.78, 5) is -0.170. The SMILES string of the molecule is C=c1ccc(=C(c2ccc(O)cc2)c2ccccc2S(=O)(=O)O)cc1. The largest absolute Gasteiger partial charge is 0.508 e. The van der Waals surface area contributed by atoms with Gasteiger partial charge in [0.05, 0.1) is 0 Å². The molecule has 5 heteroatoms. The van der Waals surface area contributed by atoms with Crippen LogP contribution in [0.5, 0.6) is 5.75 Å². The first kappa shape index (κ1) is 17.0. The third-order valence-corrected chi connectivity index (χ3v) is 4.74. The molecule has 25 heavy (non-hydrogen) atoms. The van der Waals surface area contributed by atoms with E-state index in [2.05, 4.69) is 6.58 Å². The molecule has 0 aliphatic carbocycles. The molecule has 0 heterocycles. The fourth-order valence-corrected chi connectivity index (χ4v) is 3.37. The second-order valence-corrected chi connectivity index (χ2v) is 6.98. The Bertz CT molecular complexity index is 1110. The number of rotatable bonds is 3. The highest BCUT2D eigenvalue weighted by Crippen LogP contribution is 2.28. The standard InChI is InChI=1S/C20H16O4S/c1-14-6-8-15(9-7-14)20(16-10-12-17(21)13-11-16)18-4-2-3-5-19(18)25(22,23)24/h2-13,21H,1H2,(H,22,23,24). The lowest BCUT2D eigenvalue weighted by Gasteiger charge is -2.13. The highest BCUT2D eigenvalue weighted by Gasteiger charge is 2.19. The fraction of sp³-hybridized carbons (Fsp3) is 0. The number of phenols is 1. The summed E-state index contributed by atoms with van der Waals surface area (Å²) < 4.78 is 33.3. The van der Waals surface area contributed by atoms with Crippen molar-refractivity contribution in [1.29, 1.82) is 0 Å². The molecule has 2 N–H and O–H groups in total. The summed E-state index contributed by atoms with van der Waals surface area (Å²) in [6.45, 7) is 3.86. The van der Waals surface area contributed by atoms with Gasteiger partial charge in [-0.3, -0.25) is 4.55 Å². The van der Waals surface area contributed by atoms with Gasteiger partial charge in [-0.05, 0) is 39.8 Å². The van der Waals surface area contributed by atoms with Crippen molar-refractivity contribution in [3.63, 3.8) is 0 Å². The van der Waals surface area contributed by atoms with E-state index in [-0.39, 0.29) is 10.6 Å². The minimum absolute atomic E-state index is 0.110. The van der Waals surface area contributed by atoms with Gasteiger partial charge in [0, 0.05) is 5.56 Å². The molecule has 0 aromatic heterocycles. The fourth-order valence-electron chi connectivity index (χ4n) is 2.68. The van der Waals surface area contributed by atoms with E-state index in [1.54, 1.807) is 30.3 Å². The number of benzene rings is 3.